The summed E-state index contributed by atoms with van der Waals surface area (Å²) in [5, 5.41) is 4.03. The van der Waals surface area contributed by atoms with E-state index in [4.69, 9.17) is 21.1 Å². The maximum atomic E-state index is 6.15. The lowest BCUT2D eigenvalue weighted by Gasteiger charge is -2.36. The molecule has 2 heterocycles. The summed E-state index contributed by atoms with van der Waals surface area (Å²) >= 11 is 6.15. The van der Waals surface area contributed by atoms with E-state index in [2.05, 4.69) is 17.3 Å². The maximum Gasteiger partial charge on any atom is 0.189 e. The average Bonchev–Trinajstić information content (AvgIpc) is 2.26. The Balaban J connectivity index is 1.83. The first kappa shape index (κ1) is 12.2. The van der Waals surface area contributed by atoms with Crippen molar-refractivity contribution in [2.24, 2.45) is 0 Å². The Bertz CT molecular complexity index is 449. The molecule has 1 N–H and O–H groups in total. The van der Waals surface area contributed by atoms with Gasteiger partial charge in [-0.3, -0.25) is 4.90 Å². The molecule has 1 saturated heterocycles. The summed E-state index contributed by atoms with van der Waals surface area (Å²) in [5.41, 5.74) is 2.19. The molecule has 98 valence electrons. The lowest BCUT2D eigenvalue weighted by molar-refractivity contribution is -0.0176. The molecule has 4 nitrogen and oxygen atoms in total. The fourth-order valence-corrected chi connectivity index (χ4v) is 2.62. The van der Waals surface area contributed by atoms with Crippen molar-refractivity contribution in [1.82, 2.24) is 10.2 Å². The monoisotopic (exact) mass is 268 g/mol. The van der Waals surface area contributed by atoms with Crippen LogP contribution in [-0.2, 0) is 17.9 Å². The Hall–Kier alpha value is -0.810. The summed E-state index contributed by atoms with van der Waals surface area (Å²) in [6, 6.07) is 4.53. The van der Waals surface area contributed by atoms with Crippen LogP contribution in [0.4, 0.5) is 0 Å². The second kappa shape index (κ2) is 5.05. The molecule has 2 aliphatic heterocycles. The van der Waals surface area contributed by atoms with E-state index in [1.165, 1.54) is 0 Å². The Labute approximate surface area is 112 Å². The molecule has 0 aromatic heterocycles. The van der Waals surface area contributed by atoms with Crippen molar-refractivity contribution in [2.45, 2.75) is 19.2 Å². The number of hydrogen-bond donors (Lipinski definition) is 1. The molecule has 0 bridgehead atoms. The predicted molar refractivity (Wildman–Crippen MR) is 69.9 cm³/mol. The fourth-order valence-electron chi connectivity index (χ4n) is 2.36. The highest BCUT2D eigenvalue weighted by Gasteiger charge is 2.24. The molecule has 0 unspecified atom stereocenters. The highest BCUT2D eigenvalue weighted by molar-refractivity contribution is 6.30. The van der Waals surface area contributed by atoms with Gasteiger partial charge < -0.3 is 14.8 Å². The van der Waals surface area contributed by atoms with Crippen molar-refractivity contribution in [3.8, 4) is 5.75 Å². The van der Waals surface area contributed by atoms with E-state index in [9.17, 15) is 0 Å². The first-order valence-electron chi connectivity index (χ1n) is 6.17. The lowest BCUT2D eigenvalue weighted by Crippen LogP contribution is -2.55. The van der Waals surface area contributed by atoms with Gasteiger partial charge in [0.2, 0.25) is 0 Å². The number of benzene rings is 1. The van der Waals surface area contributed by atoms with Gasteiger partial charge in [0.05, 0.1) is 6.61 Å². The van der Waals surface area contributed by atoms with Gasteiger partial charge in [-0.1, -0.05) is 11.6 Å². The molecule has 1 aromatic carbocycles. The van der Waals surface area contributed by atoms with Crippen LogP contribution in [0.25, 0.3) is 0 Å². The van der Waals surface area contributed by atoms with Gasteiger partial charge in [-0.05, 0) is 19.2 Å². The number of nitrogens with zero attached hydrogens (tertiary/aromatic N) is 1. The largest absolute Gasteiger partial charge is 0.467 e. The van der Waals surface area contributed by atoms with Crippen molar-refractivity contribution in [3.63, 3.8) is 0 Å². The zero-order valence-electron chi connectivity index (χ0n) is 10.4. The number of hydrogen-bond acceptors (Lipinski definition) is 4. The van der Waals surface area contributed by atoms with Crippen LogP contribution in [0.15, 0.2) is 12.1 Å². The summed E-state index contributed by atoms with van der Waals surface area (Å²) in [5.74, 6) is 0.949. The predicted octanol–water partition coefficient (Wildman–Crippen LogP) is 1.61. The molecule has 0 radical (unpaired) electrons. The quantitative estimate of drug-likeness (QED) is 0.903. The van der Waals surface area contributed by atoms with Gasteiger partial charge in [-0.2, -0.15) is 0 Å². The maximum absolute atomic E-state index is 6.15. The van der Waals surface area contributed by atoms with E-state index >= 15 is 0 Å². The first-order chi connectivity index (χ1) is 8.74. The molecule has 0 spiro atoms. The number of nitrogens with one attached hydrogen (secondary N) is 1. The Morgan fingerprint density at radius 1 is 1.44 bits per heavy atom. The van der Waals surface area contributed by atoms with Crippen molar-refractivity contribution in [2.75, 3.05) is 26.9 Å². The van der Waals surface area contributed by atoms with Crippen LogP contribution in [0.1, 0.15) is 11.1 Å². The zero-order valence-corrected chi connectivity index (χ0v) is 11.2. The van der Waals surface area contributed by atoms with Crippen LogP contribution >= 0.6 is 11.6 Å². The van der Waals surface area contributed by atoms with E-state index in [0.29, 0.717) is 19.4 Å². The fraction of sp³-hybridized carbons (Fsp3) is 0.538. The summed E-state index contributed by atoms with van der Waals surface area (Å²) in [7, 11) is 2.14. The number of ether oxygens (including phenoxy) is 2. The standard InChI is InChI=1S/C13H17ClN2O2/c1-16(12-4-15-5-12)6-9-2-11(14)3-10-7-17-8-18-13(9)10/h2-3,12,15H,4-8H2,1H3. The minimum Gasteiger partial charge on any atom is -0.467 e. The second-order valence-electron chi connectivity index (χ2n) is 4.89. The third-order valence-corrected chi connectivity index (χ3v) is 3.77. The molecule has 0 amide bonds. The van der Waals surface area contributed by atoms with Gasteiger partial charge in [-0.15, -0.1) is 0 Å². The summed E-state index contributed by atoms with van der Waals surface area (Å²) in [4.78, 5) is 2.33. The molecule has 0 atom stereocenters. The summed E-state index contributed by atoms with van der Waals surface area (Å²) in [6.45, 7) is 3.88. The van der Waals surface area contributed by atoms with Crippen LogP contribution in [0.3, 0.4) is 0 Å². The summed E-state index contributed by atoms with van der Waals surface area (Å²) in [6.07, 6.45) is 0. The number of likely N-dealkylation sites (N-methyl/N-ethyl adjacent to an activating group) is 1. The molecule has 1 aromatic rings. The van der Waals surface area contributed by atoms with Crippen molar-refractivity contribution in [1.29, 1.82) is 0 Å². The lowest BCUT2D eigenvalue weighted by atomic mass is 10.1. The number of rotatable bonds is 3. The van der Waals surface area contributed by atoms with Crippen molar-refractivity contribution in [3.05, 3.63) is 28.3 Å². The van der Waals surface area contributed by atoms with E-state index in [-0.39, 0.29) is 0 Å². The van der Waals surface area contributed by atoms with Gasteiger partial charge in [0.25, 0.3) is 0 Å². The SMILES string of the molecule is CN(Cc1cc(Cl)cc2c1OCOC2)C1CNC1. The van der Waals surface area contributed by atoms with E-state index in [1.807, 2.05) is 12.1 Å². The Morgan fingerprint density at radius 3 is 3.00 bits per heavy atom. The van der Waals surface area contributed by atoms with Gasteiger partial charge in [0.15, 0.2) is 6.79 Å². The first-order valence-corrected chi connectivity index (χ1v) is 6.54. The van der Waals surface area contributed by atoms with Gasteiger partial charge in [0, 0.05) is 41.8 Å². The number of halogens is 1. The molecule has 5 heteroatoms. The second-order valence-corrected chi connectivity index (χ2v) is 5.33. The van der Waals surface area contributed by atoms with E-state index < -0.39 is 0 Å². The molecular formula is C13H17ClN2O2. The highest BCUT2D eigenvalue weighted by Crippen LogP contribution is 2.32. The smallest absolute Gasteiger partial charge is 0.189 e. The molecule has 18 heavy (non-hydrogen) atoms. The zero-order chi connectivity index (χ0) is 12.5. The van der Waals surface area contributed by atoms with E-state index in [1.54, 1.807) is 0 Å². The number of fused-ring (bicyclic) bond motifs is 1. The minimum absolute atomic E-state index is 0.330. The van der Waals surface area contributed by atoms with E-state index in [0.717, 1.165) is 41.5 Å². The van der Waals surface area contributed by atoms with Crippen molar-refractivity contribution >= 4 is 11.6 Å². The third kappa shape index (κ3) is 2.34. The van der Waals surface area contributed by atoms with Crippen LogP contribution in [-0.4, -0.2) is 37.9 Å². The highest BCUT2D eigenvalue weighted by atomic mass is 35.5. The average molecular weight is 269 g/mol. The molecule has 0 saturated carbocycles. The Morgan fingerprint density at radius 2 is 2.28 bits per heavy atom. The minimum atomic E-state index is 0.330. The van der Waals surface area contributed by atoms with Crippen LogP contribution < -0.4 is 10.1 Å². The Kier molecular flexibility index (Phi) is 3.43. The van der Waals surface area contributed by atoms with Gasteiger partial charge >= 0.3 is 0 Å². The molecule has 1 fully saturated rings. The van der Waals surface area contributed by atoms with Crippen LogP contribution in [0.2, 0.25) is 5.02 Å². The summed E-state index contributed by atoms with van der Waals surface area (Å²) < 4.78 is 10.9. The van der Waals surface area contributed by atoms with Crippen LogP contribution in [0.5, 0.6) is 5.75 Å². The molecule has 2 aliphatic rings. The normalized spacial score (nSPS) is 19.3. The molecule has 3 rings (SSSR count). The third-order valence-electron chi connectivity index (χ3n) is 3.55. The van der Waals surface area contributed by atoms with Gasteiger partial charge in [-0.25, -0.2) is 0 Å². The molecule has 0 aliphatic carbocycles. The van der Waals surface area contributed by atoms with Crippen molar-refractivity contribution < 1.29 is 9.47 Å². The van der Waals surface area contributed by atoms with Gasteiger partial charge in [0.1, 0.15) is 5.75 Å². The topological polar surface area (TPSA) is 33.7 Å². The van der Waals surface area contributed by atoms with Crippen LogP contribution in [0, 0.1) is 0 Å². The molecular weight excluding hydrogens is 252 g/mol.